The number of rotatable bonds is 1. The third-order valence-electron chi connectivity index (χ3n) is 4.67. The van der Waals surface area contributed by atoms with Crippen LogP contribution in [0.25, 0.3) is 0 Å². The molecule has 1 amide bonds. The van der Waals surface area contributed by atoms with Crippen molar-refractivity contribution in [1.29, 1.82) is 0 Å². The highest BCUT2D eigenvalue weighted by molar-refractivity contribution is 7.10. The smallest absolute Gasteiger partial charge is 0.273 e. The van der Waals surface area contributed by atoms with Crippen molar-refractivity contribution < 1.29 is 4.79 Å². The predicted octanol–water partition coefficient (Wildman–Crippen LogP) is 3.36. The number of thiazole rings is 1. The van der Waals surface area contributed by atoms with Gasteiger partial charge in [0.25, 0.3) is 5.91 Å². The summed E-state index contributed by atoms with van der Waals surface area (Å²) in [5, 5.41) is 6.44. The van der Waals surface area contributed by atoms with Crippen molar-refractivity contribution in [3.05, 3.63) is 16.1 Å². The van der Waals surface area contributed by atoms with E-state index in [2.05, 4.69) is 31.1 Å². The predicted molar refractivity (Wildman–Crippen MR) is 100 cm³/mol. The van der Waals surface area contributed by atoms with E-state index in [1.807, 2.05) is 10.3 Å². The number of carbonyl (C=O) groups is 1. The number of likely N-dealkylation sites (tertiary alicyclic amines) is 1. The Balaban J connectivity index is 0.00000132. The number of hydrogen-bond donors (Lipinski definition) is 1. The molecule has 4 nitrogen and oxygen atoms in total. The van der Waals surface area contributed by atoms with E-state index < -0.39 is 0 Å². The van der Waals surface area contributed by atoms with Crippen LogP contribution < -0.4 is 5.32 Å². The van der Waals surface area contributed by atoms with Gasteiger partial charge >= 0.3 is 0 Å². The molecule has 0 spiro atoms. The highest BCUT2D eigenvalue weighted by atomic mass is 35.5. The first-order valence-electron chi connectivity index (χ1n) is 7.91. The molecular weight excluding hydrogens is 353 g/mol. The summed E-state index contributed by atoms with van der Waals surface area (Å²) in [5.41, 5.74) is 0.653. The summed E-state index contributed by atoms with van der Waals surface area (Å²) in [6, 6.07) is 0. The summed E-state index contributed by atoms with van der Waals surface area (Å²) in [6.07, 6.45) is 2.25. The molecule has 2 saturated heterocycles. The van der Waals surface area contributed by atoms with E-state index in [1.165, 1.54) is 0 Å². The van der Waals surface area contributed by atoms with E-state index in [1.54, 1.807) is 11.3 Å². The molecule has 7 heteroatoms. The molecule has 3 rings (SSSR count). The molecule has 23 heavy (non-hydrogen) atoms. The van der Waals surface area contributed by atoms with Crippen LogP contribution in [0.4, 0.5) is 0 Å². The monoisotopic (exact) mass is 379 g/mol. The number of fused-ring (bicyclic) bond motifs is 1. The van der Waals surface area contributed by atoms with E-state index in [0.29, 0.717) is 5.69 Å². The van der Waals surface area contributed by atoms with Crippen LogP contribution in [-0.2, 0) is 5.41 Å². The zero-order valence-corrected chi connectivity index (χ0v) is 16.5. The highest BCUT2D eigenvalue weighted by Crippen LogP contribution is 2.29. The number of carbonyl (C=O) groups excluding carboxylic acids is 1. The van der Waals surface area contributed by atoms with E-state index >= 15 is 0 Å². The zero-order chi connectivity index (χ0) is 15.0. The third kappa shape index (κ3) is 4.59. The van der Waals surface area contributed by atoms with E-state index in [9.17, 15) is 4.79 Å². The minimum absolute atomic E-state index is 0. The molecule has 0 unspecified atom stereocenters. The van der Waals surface area contributed by atoms with Gasteiger partial charge in [-0.05, 0) is 37.8 Å². The Morgan fingerprint density at radius 1 is 1.22 bits per heavy atom. The SMILES string of the molecule is CC(C)(C)c1nc(C(=O)N2CC[C@@H]3CNC[C@@H]3CC2)cs1.Cl.Cl. The molecule has 132 valence electrons. The number of amides is 1. The average Bonchev–Trinajstić information content (AvgIpc) is 3.03. The minimum atomic E-state index is 0. The molecule has 3 heterocycles. The standard InChI is InChI=1S/C16H25N3OS.2ClH/c1-16(2,3)15-18-13(10-21-15)14(20)19-6-4-11-8-17-9-12(11)5-7-19;;/h10-12,17H,4-9H2,1-3H3;2*1H/t11-,12+;;. The van der Waals surface area contributed by atoms with Crippen LogP contribution in [0.3, 0.4) is 0 Å². The normalized spacial score (nSPS) is 24.2. The minimum Gasteiger partial charge on any atom is -0.337 e. The van der Waals surface area contributed by atoms with Gasteiger partial charge in [-0.3, -0.25) is 4.79 Å². The molecule has 2 atom stereocenters. The number of nitrogens with zero attached hydrogens (tertiary/aromatic N) is 2. The Labute approximate surface area is 155 Å². The Morgan fingerprint density at radius 2 is 1.78 bits per heavy atom. The lowest BCUT2D eigenvalue weighted by molar-refractivity contribution is 0.0753. The van der Waals surface area contributed by atoms with Gasteiger partial charge in [0.1, 0.15) is 5.69 Å². The molecule has 0 aliphatic carbocycles. The van der Waals surface area contributed by atoms with Gasteiger partial charge in [-0.15, -0.1) is 36.2 Å². The van der Waals surface area contributed by atoms with Gasteiger partial charge in [0.2, 0.25) is 0 Å². The van der Waals surface area contributed by atoms with Crippen molar-refractivity contribution in [3.63, 3.8) is 0 Å². The highest BCUT2D eigenvalue weighted by Gasteiger charge is 2.32. The van der Waals surface area contributed by atoms with Gasteiger partial charge in [0.15, 0.2) is 0 Å². The lowest BCUT2D eigenvalue weighted by Crippen LogP contribution is -2.33. The summed E-state index contributed by atoms with van der Waals surface area (Å²) in [4.78, 5) is 19.3. The Kier molecular flexibility index (Phi) is 7.33. The topological polar surface area (TPSA) is 45.2 Å². The Hall–Kier alpha value is -0.360. The van der Waals surface area contributed by atoms with Crippen LogP contribution in [-0.4, -0.2) is 42.0 Å². The second-order valence-corrected chi connectivity index (χ2v) is 8.19. The van der Waals surface area contributed by atoms with E-state index in [4.69, 9.17) is 0 Å². The summed E-state index contributed by atoms with van der Waals surface area (Å²) < 4.78 is 0. The lowest BCUT2D eigenvalue weighted by Gasteiger charge is -2.20. The molecule has 0 saturated carbocycles. The summed E-state index contributed by atoms with van der Waals surface area (Å²) in [6.45, 7) is 10.4. The quantitative estimate of drug-likeness (QED) is 0.813. The van der Waals surface area contributed by atoms with Crippen molar-refractivity contribution in [1.82, 2.24) is 15.2 Å². The molecule has 0 aromatic carbocycles. The molecule has 1 aromatic rings. The molecule has 1 aromatic heterocycles. The van der Waals surface area contributed by atoms with Crippen molar-refractivity contribution in [3.8, 4) is 0 Å². The van der Waals surface area contributed by atoms with Crippen LogP contribution in [0.5, 0.6) is 0 Å². The Bertz CT molecular complexity index is 516. The van der Waals surface area contributed by atoms with Crippen LogP contribution in [0, 0.1) is 11.8 Å². The van der Waals surface area contributed by atoms with Crippen molar-refractivity contribution in [2.24, 2.45) is 11.8 Å². The van der Waals surface area contributed by atoms with Gasteiger partial charge in [-0.25, -0.2) is 4.98 Å². The fourth-order valence-electron chi connectivity index (χ4n) is 3.30. The van der Waals surface area contributed by atoms with Crippen molar-refractivity contribution in [2.75, 3.05) is 26.2 Å². The number of hydrogen-bond acceptors (Lipinski definition) is 4. The first-order valence-corrected chi connectivity index (χ1v) is 8.79. The number of aromatic nitrogens is 1. The molecule has 2 aliphatic rings. The summed E-state index contributed by atoms with van der Waals surface area (Å²) >= 11 is 1.60. The van der Waals surface area contributed by atoms with Crippen LogP contribution in [0.2, 0.25) is 0 Å². The van der Waals surface area contributed by atoms with Crippen LogP contribution >= 0.6 is 36.2 Å². The van der Waals surface area contributed by atoms with Crippen molar-refractivity contribution >= 4 is 42.1 Å². The largest absolute Gasteiger partial charge is 0.337 e. The zero-order valence-electron chi connectivity index (χ0n) is 14.0. The Morgan fingerprint density at radius 3 is 2.26 bits per heavy atom. The average molecular weight is 380 g/mol. The lowest BCUT2D eigenvalue weighted by atomic mass is 9.92. The molecule has 1 N–H and O–H groups in total. The van der Waals surface area contributed by atoms with Crippen LogP contribution in [0.15, 0.2) is 5.38 Å². The number of halogens is 2. The third-order valence-corrected chi connectivity index (χ3v) is 5.94. The summed E-state index contributed by atoms with van der Waals surface area (Å²) in [7, 11) is 0. The van der Waals surface area contributed by atoms with E-state index in [0.717, 1.165) is 55.9 Å². The molecular formula is C16H27Cl2N3OS. The fraction of sp³-hybridized carbons (Fsp3) is 0.750. The maximum absolute atomic E-state index is 12.7. The van der Waals surface area contributed by atoms with Gasteiger partial charge in [0, 0.05) is 23.9 Å². The van der Waals surface area contributed by atoms with E-state index in [-0.39, 0.29) is 36.1 Å². The van der Waals surface area contributed by atoms with Gasteiger partial charge in [0.05, 0.1) is 5.01 Å². The molecule has 0 radical (unpaired) electrons. The second-order valence-electron chi connectivity index (χ2n) is 7.34. The van der Waals surface area contributed by atoms with Gasteiger partial charge < -0.3 is 10.2 Å². The fourth-order valence-corrected chi connectivity index (χ4v) is 4.18. The second kappa shape index (κ2) is 8.15. The maximum atomic E-state index is 12.7. The van der Waals surface area contributed by atoms with Gasteiger partial charge in [-0.2, -0.15) is 0 Å². The summed E-state index contributed by atoms with van der Waals surface area (Å²) in [5.74, 6) is 1.63. The first kappa shape index (κ1) is 20.7. The van der Waals surface area contributed by atoms with Gasteiger partial charge in [-0.1, -0.05) is 20.8 Å². The first-order chi connectivity index (χ1) is 9.95. The van der Waals surface area contributed by atoms with Crippen LogP contribution in [0.1, 0.15) is 49.1 Å². The molecule has 2 aliphatic heterocycles. The molecule has 2 fully saturated rings. The van der Waals surface area contributed by atoms with Crippen molar-refractivity contribution in [2.45, 2.75) is 39.0 Å². The number of nitrogens with one attached hydrogen (secondary N) is 1. The maximum Gasteiger partial charge on any atom is 0.273 e. The molecule has 0 bridgehead atoms.